The SMILES string of the molecule is CNC(=O)/C(=N\OC)c1ccccc1Oc1ccc(Cl)c(C)c1. The van der Waals surface area contributed by atoms with E-state index >= 15 is 0 Å². The predicted molar refractivity (Wildman–Crippen MR) is 90.3 cm³/mol. The van der Waals surface area contributed by atoms with Crippen molar-refractivity contribution in [1.29, 1.82) is 0 Å². The molecule has 0 aliphatic carbocycles. The van der Waals surface area contributed by atoms with Gasteiger partial charge < -0.3 is 14.9 Å². The fraction of sp³-hybridized carbons (Fsp3) is 0.176. The number of nitrogens with zero attached hydrogens (tertiary/aromatic N) is 1. The van der Waals surface area contributed by atoms with E-state index in [9.17, 15) is 4.79 Å². The molecule has 2 rings (SSSR count). The maximum atomic E-state index is 12.0. The van der Waals surface area contributed by atoms with Gasteiger partial charge in [-0.2, -0.15) is 0 Å². The first-order valence-electron chi connectivity index (χ1n) is 6.93. The predicted octanol–water partition coefficient (Wildman–Crippen LogP) is 3.54. The molecule has 0 heterocycles. The first-order valence-corrected chi connectivity index (χ1v) is 7.31. The Morgan fingerprint density at radius 3 is 2.61 bits per heavy atom. The van der Waals surface area contributed by atoms with E-state index in [2.05, 4.69) is 10.5 Å². The molecule has 0 aliphatic heterocycles. The number of aryl methyl sites for hydroxylation is 1. The second-order valence-electron chi connectivity index (χ2n) is 4.71. The van der Waals surface area contributed by atoms with Gasteiger partial charge in [-0.05, 0) is 42.8 Å². The van der Waals surface area contributed by atoms with E-state index in [1.807, 2.05) is 19.1 Å². The van der Waals surface area contributed by atoms with Crippen molar-refractivity contribution in [2.75, 3.05) is 14.2 Å². The number of likely N-dealkylation sites (N-methyl/N-ethyl adjacent to an activating group) is 1. The summed E-state index contributed by atoms with van der Waals surface area (Å²) in [6.45, 7) is 1.89. The van der Waals surface area contributed by atoms with Crippen molar-refractivity contribution in [2.24, 2.45) is 5.16 Å². The number of halogens is 1. The standard InChI is InChI=1S/C17H17ClN2O3/c1-11-10-12(8-9-14(11)18)23-15-7-5-4-6-13(15)16(20-22-3)17(21)19-2/h4-10H,1-3H3,(H,19,21)/b20-16-. The number of carbonyl (C=O) groups excluding carboxylic acids is 1. The molecule has 23 heavy (non-hydrogen) atoms. The molecule has 1 N–H and O–H groups in total. The summed E-state index contributed by atoms with van der Waals surface area (Å²) in [7, 11) is 2.91. The van der Waals surface area contributed by atoms with Crippen LogP contribution in [0.5, 0.6) is 11.5 Å². The highest BCUT2D eigenvalue weighted by Gasteiger charge is 2.18. The molecule has 0 spiro atoms. The van der Waals surface area contributed by atoms with E-state index in [1.54, 1.807) is 30.3 Å². The molecule has 0 bridgehead atoms. The summed E-state index contributed by atoms with van der Waals surface area (Å²) in [5.74, 6) is 0.747. The van der Waals surface area contributed by atoms with Crippen molar-refractivity contribution in [2.45, 2.75) is 6.92 Å². The van der Waals surface area contributed by atoms with Crippen LogP contribution in [0.4, 0.5) is 0 Å². The van der Waals surface area contributed by atoms with Crippen LogP contribution in [-0.2, 0) is 9.63 Å². The Labute approximate surface area is 139 Å². The first-order chi connectivity index (χ1) is 11.1. The lowest BCUT2D eigenvalue weighted by atomic mass is 10.1. The van der Waals surface area contributed by atoms with Gasteiger partial charge in [-0.1, -0.05) is 28.9 Å². The van der Waals surface area contributed by atoms with Gasteiger partial charge in [0.2, 0.25) is 0 Å². The van der Waals surface area contributed by atoms with Crippen LogP contribution in [0.3, 0.4) is 0 Å². The Bertz CT molecular complexity index is 744. The summed E-state index contributed by atoms with van der Waals surface area (Å²) < 4.78 is 5.89. The molecule has 2 aromatic carbocycles. The zero-order valence-corrected chi connectivity index (χ0v) is 13.8. The molecule has 0 saturated carbocycles. The minimum atomic E-state index is -0.366. The molecule has 0 unspecified atom stereocenters. The molecule has 6 heteroatoms. The van der Waals surface area contributed by atoms with Crippen LogP contribution in [0.2, 0.25) is 5.02 Å². The number of benzene rings is 2. The maximum Gasteiger partial charge on any atom is 0.273 e. The van der Waals surface area contributed by atoms with E-state index in [0.717, 1.165) is 5.56 Å². The van der Waals surface area contributed by atoms with Gasteiger partial charge in [0.25, 0.3) is 5.91 Å². The van der Waals surface area contributed by atoms with E-state index in [1.165, 1.54) is 14.2 Å². The fourth-order valence-corrected chi connectivity index (χ4v) is 2.10. The van der Waals surface area contributed by atoms with Crippen LogP contribution in [0.1, 0.15) is 11.1 Å². The Kier molecular flexibility index (Phi) is 5.60. The number of nitrogens with one attached hydrogen (secondary N) is 1. The van der Waals surface area contributed by atoms with Crippen LogP contribution in [0.15, 0.2) is 47.6 Å². The van der Waals surface area contributed by atoms with Crippen molar-refractivity contribution < 1.29 is 14.4 Å². The third-order valence-corrected chi connectivity index (χ3v) is 3.55. The third kappa shape index (κ3) is 4.02. The highest BCUT2D eigenvalue weighted by Crippen LogP contribution is 2.28. The lowest BCUT2D eigenvalue weighted by molar-refractivity contribution is -0.114. The van der Waals surface area contributed by atoms with Crippen molar-refractivity contribution in [3.05, 3.63) is 58.6 Å². The molecule has 2 aromatic rings. The van der Waals surface area contributed by atoms with Gasteiger partial charge in [-0.25, -0.2) is 0 Å². The molecule has 0 fully saturated rings. The number of ether oxygens (including phenoxy) is 1. The highest BCUT2D eigenvalue weighted by molar-refractivity contribution is 6.45. The normalized spacial score (nSPS) is 11.0. The zero-order valence-electron chi connectivity index (χ0n) is 13.1. The molecular weight excluding hydrogens is 316 g/mol. The summed E-state index contributed by atoms with van der Waals surface area (Å²) >= 11 is 6.02. The van der Waals surface area contributed by atoms with Crippen molar-refractivity contribution >= 4 is 23.2 Å². The second kappa shape index (κ2) is 7.65. The Morgan fingerprint density at radius 2 is 1.96 bits per heavy atom. The molecular formula is C17H17ClN2O3. The summed E-state index contributed by atoms with van der Waals surface area (Å²) in [4.78, 5) is 16.8. The molecule has 0 aromatic heterocycles. The van der Waals surface area contributed by atoms with Gasteiger partial charge in [-0.3, -0.25) is 4.79 Å². The van der Waals surface area contributed by atoms with Crippen molar-refractivity contribution in [3.63, 3.8) is 0 Å². The Morgan fingerprint density at radius 1 is 1.22 bits per heavy atom. The Balaban J connectivity index is 2.42. The number of hydrogen-bond donors (Lipinski definition) is 1. The number of carbonyl (C=O) groups is 1. The van der Waals surface area contributed by atoms with Crippen LogP contribution in [0.25, 0.3) is 0 Å². The maximum absolute atomic E-state index is 12.0. The van der Waals surface area contributed by atoms with E-state index in [-0.39, 0.29) is 11.6 Å². The average Bonchev–Trinajstić information content (AvgIpc) is 2.56. The van der Waals surface area contributed by atoms with Gasteiger partial charge in [0.1, 0.15) is 18.6 Å². The van der Waals surface area contributed by atoms with Gasteiger partial charge in [0, 0.05) is 12.1 Å². The largest absolute Gasteiger partial charge is 0.457 e. The number of rotatable bonds is 5. The molecule has 0 aliphatic rings. The lowest BCUT2D eigenvalue weighted by Gasteiger charge is -2.12. The average molecular weight is 333 g/mol. The fourth-order valence-electron chi connectivity index (χ4n) is 1.98. The topological polar surface area (TPSA) is 59.9 Å². The minimum Gasteiger partial charge on any atom is -0.457 e. The number of hydrogen-bond acceptors (Lipinski definition) is 4. The zero-order chi connectivity index (χ0) is 16.8. The van der Waals surface area contributed by atoms with Crippen LogP contribution >= 0.6 is 11.6 Å². The van der Waals surface area contributed by atoms with E-state index in [0.29, 0.717) is 22.1 Å². The molecule has 0 radical (unpaired) electrons. The quantitative estimate of drug-likeness (QED) is 0.673. The molecule has 5 nitrogen and oxygen atoms in total. The van der Waals surface area contributed by atoms with Crippen LogP contribution in [0, 0.1) is 6.92 Å². The molecule has 0 saturated heterocycles. The Hall–Kier alpha value is -2.53. The number of amides is 1. The second-order valence-corrected chi connectivity index (χ2v) is 5.12. The number of para-hydroxylation sites is 1. The van der Waals surface area contributed by atoms with E-state index < -0.39 is 0 Å². The van der Waals surface area contributed by atoms with Crippen LogP contribution in [-0.4, -0.2) is 25.8 Å². The molecule has 120 valence electrons. The minimum absolute atomic E-state index is 0.135. The summed E-state index contributed by atoms with van der Waals surface area (Å²) in [5.41, 5.74) is 1.57. The third-order valence-electron chi connectivity index (χ3n) is 3.12. The lowest BCUT2D eigenvalue weighted by Crippen LogP contribution is -2.28. The van der Waals surface area contributed by atoms with Gasteiger partial charge in [-0.15, -0.1) is 0 Å². The van der Waals surface area contributed by atoms with E-state index in [4.69, 9.17) is 21.2 Å². The summed E-state index contributed by atoms with van der Waals surface area (Å²) in [6, 6.07) is 12.5. The van der Waals surface area contributed by atoms with Crippen molar-refractivity contribution in [3.8, 4) is 11.5 Å². The van der Waals surface area contributed by atoms with Gasteiger partial charge >= 0.3 is 0 Å². The van der Waals surface area contributed by atoms with Crippen molar-refractivity contribution in [1.82, 2.24) is 5.32 Å². The van der Waals surface area contributed by atoms with Gasteiger partial charge in [0.15, 0.2) is 5.71 Å². The van der Waals surface area contributed by atoms with Crippen LogP contribution < -0.4 is 10.1 Å². The first kappa shape index (κ1) is 16.8. The highest BCUT2D eigenvalue weighted by atomic mass is 35.5. The van der Waals surface area contributed by atoms with Gasteiger partial charge in [0.05, 0.1) is 5.56 Å². The monoisotopic (exact) mass is 332 g/mol. The summed E-state index contributed by atoms with van der Waals surface area (Å²) in [6.07, 6.45) is 0. The molecule has 1 amide bonds. The molecule has 0 atom stereocenters. The summed E-state index contributed by atoms with van der Waals surface area (Å²) in [5, 5.41) is 7.00. The number of oxime groups is 1. The smallest absolute Gasteiger partial charge is 0.273 e.